The summed E-state index contributed by atoms with van der Waals surface area (Å²) < 4.78 is 18.6. The monoisotopic (exact) mass is 238 g/mol. The number of nitrogens with zero attached hydrogens (tertiary/aromatic N) is 1. The molecule has 0 aliphatic rings. The molecule has 0 amide bonds. The Kier molecular flexibility index (Phi) is 3.48. The predicted molar refractivity (Wildman–Crippen MR) is 61.4 cm³/mol. The molecule has 2 N–H and O–H groups in total. The molecule has 0 radical (unpaired) electrons. The van der Waals surface area contributed by atoms with Crippen LogP contribution >= 0.6 is 11.3 Å². The van der Waals surface area contributed by atoms with E-state index in [9.17, 15) is 4.39 Å². The summed E-state index contributed by atoms with van der Waals surface area (Å²) in [6.07, 6.45) is 0. The Hall–Kier alpha value is -1.46. The van der Waals surface area contributed by atoms with Crippen molar-refractivity contribution in [1.82, 2.24) is 4.98 Å². The highest BCUT2D eigenvalue weighted by molar-refractivity contribution is 7.13. The first-order valence-corrected chi connectivity index (χ1v) is 5.64. The molecule has 0 unspecified atom stereocenters. The Bertz CT molecular complexity index is 473. The molecule has 0 saturated heterocycles. The van der Waals surface area contributed by atoms with Crippen LogP contribution in [0, 0.1) is 5.82 Å². The minimum atomic E-state index is -0.250. The summed E-state index contributed by atoms with van der Waals surface area (Å²) in [5, 5.41) is 2.35. The van der Waals surface area contributed by atoms with Gasteiger partial charge in [-0.05, 0) is 6.07 Å². The van der Waals surface area contributed by atoms with Gasteiger partial charge in [0.25, 0.3) is 0 Å². The van der Waals surface area contributed by atoms with Crippen LogP contribution in [0.25, 0.3) is 0 Å². The molecule has 1 heterocycles. The third kappa shape index (κ3) is 2.77. The van der Waals surface area contributed by atoms with Gasteiger partial charge in [0.05, 0.1) is 18.9 Å². The van der Waals surface area contributed by atoms with Crippen LogP contribution in [0.3, 0.4) is 0 Å². The first-order valence-electron chi connectivity index (χ1n) is 4.77. The molecule has 0 atom stereocenters. The van der Waals surface area contributed by atoms with Crippen molar-refractivity contribution in [3.05, 3.63) is 46.7 Å². The van der Waals surface area contributed by atoms with Crippen LogP contribution in [0.2, 0.25) is 0 Å². The maximum absolute atomic E-state index is 13.2. The predicted octanol–water partition coefficient (Wildman–Crippen LogP) is 2.58. The number of halogens is 1. The lowest BCUT2D eigenvalue weighted by atomic mass is 10.2. The van der Waals surface area contributed by atoms with Crippen molar-refractivity contribution >= 4 is 16.5 Å². The molecule has 0 aliphatic carbocycles. The second-order valence-electron chi connectivity index (χ2n) is 3.26. The first-order chi connectivity index (χ1) is 7.75. The standard InChI is InChI=1S/C11H11FN2OS/c12-10-4-2-1-3-8(10)5-15-6-9-7-16-11(13)14-9/h1-4,7H,5-6H2,(H2,13,14). The summed E-state index contributed by atoms with van der Waals surface area (Å²) in [7, 11) is 0. The van der Waals surface area contributed by atoms with Gasteiger partial charge in [-0.3, -0.25) is 0 Å². The summed E-state index contributed by atoms with van der Waals surface area (Å²) in [5.74, 6) is -0.250. The average molecular weight is 238 g/mol. The molecule has 5 heteroatoms. The van der Waals surface area contributed by atoms with Crippen LogP contribution in [-0.2, 0) is 18.0 Å². The quantitative estimate of drug-likeness (QED) is 0.890. The third-order valence-electron chi connectivity index (χ3n) is 2.03. The second-order valence-corrected chi connectivity index (χ2v) is 4.15. The molecular formula is C11H11FN2OS. The highest BCUT2D eigenvalue weighted by Crippen LogP contribution is 2.13. The zero-order valence-corrected chi connectivity index (χ0v) is 9.34. The molecular weight excluding hydrogens is 227 g/mol. The van der Waals surface area contributed by atoms with Crippen molar-refractivity contribution in [2.24, 2.45) is 0 Å². The van der Waals surface area contributed by atoms with Crippen molar-refractivity contribution in [2.45, 2.75) is 13.2 Å². The average Bonchev–Trinajstić information content (AvgIpc) is 2.67. The molecule has 0 aliphatic heterocycles. The summed E-state index contributed by atoms with van der Waals surface area (Å²) in [4.78, 5) is 4.04. The largest absolute Gasteiger partial charge is 0.375 e. The SMILES string of the molecule is Nc1nc(COCc2ccccc2F)cs1. The molecule has 3 nitrogen and oxygen atoms in total. The number of rotatable bonds is 4. The zero-order chi connectivity index (χ0) is 11.4. The van der Waals surface area contributed by atoms with Crippen molar-refractivity contribution in [2.75, 3.05) is 5.73 Å². The minimum Gasteiger partial charge on any atom is -0.375 e. The van der Waals surface area contributed by atoms with Gasteiger partial charge in [0.2, 0.25) is 0 Å². The fourth-order valence-corrected chi connectivity index (χ4v) is 1.82. The van der Waals surface area contributed by atoms with E-state index in [1.807, 2.05) is 5.38 Å². The molecule has 1 aromatic carbocycles. The van der Waals surface area contributed by atoms with Gasteiger partial charge in [-0.1, -0.05) is 18.2 Å². The van der Waals surface area contributed by atoms with E-state index in [0.717, 1.165) is 5.69 Å². The van der Waals surface area contributed by atoms with Crippen LogP contribution in [0.5, 0.6) is 0 Å². The Morgan fingerprint density at radius 3 is 2.81 bits per heavy atom. The van der Waals surface area contributed by atoms with E-state index in [0.29, 0.717) is 17.3 Å². The number of benzene rings is 1. The van der Waals surface area contributed by atoms with Gasteiger partial charge in [-0.2, -0.15) is 0 Å². The Balaban J connectivity index is 1.87. The molecule has 1 aromatic heterocycles. The smallest absolute Gasteiger partial charge is 0.180 e. The van der Waals surface area contributed by atoms with Crippen LogP contribution in [0.4, 0.5) is 9.52 Å². The molecule has 0 bridgehead atoms. The molecule has 2 aromatic rings. The number of nitrogens with two attached hydrogens (primary N) is 1. The van der Waals surface area contributed by atoms with Crippen molar-refractivity contribution in [3.63, 3.8) is 0 Å². The maximum Gasteiger partial charge on any atom is 0.180 e. The van der Waals surface area contributed by atoms with E-state index in [-0.39, 0.29) is 12.4 Å². The van der Waals surface area contributed by atoms with E-state index < -0.39 is 0 Å². The van der Waals surface area contributed by atoms with Gasteiger partial charge in [0.1, 0.15) is 5.82 Å². The van der Waals surface area contributed by atoms with Crippen molar-refractivity contribution < 1.29 is 9.13 Å². The molecule has 0 saturated carbocycles. The van der Waals surface area contributed by atoms with E-state index in [4.69, 9.17) is 10.5 Å². The summed E-state index contributed by atoms with van der Waals surface area (Å²) in [5.41, 5.74) is 6.80. The number of ether oxygens (including phenoxy) is 1. The van der Waals surface area contributed by atoms with Crippen molar-refractivity contribution in [1.29, 1.82) is 0 Å². The molecule has 84 valence electrons. The molecule has 0 spiro atoms. The lowest BCUT2D eigenvalue weighted by molar-refractivity contribution is 0.103. The summed E-state index contributed by atoms with van der Waals surface area (Å²) in [6, 6.07) is 6.55. The lowest BCUT2D eigenvalue weighted by Crippen LogP contribution is -1.97. The lowest BCUT2D eigenvalue weighted by Gasteiger charge is -2.03. The number of anilines is 1. The van der Waals surface area contributed by atoms with E-state index in [1.54, 1.807) is 18.2 Å². The number of nitrogen functional groups attached to an aromatic ring is 1. The molecule has 16 heavy (non-hydrogen) atoms. The minimum absolute atomic E-state index is 0.240. The fourth-order valence-electron chi connectivity index (χ4n) is 1.27. The zero-order valence-electron chi connectivity index (χ0n) is 8.52. The molecule has 2 rings (SSSR count). The highest BCUT2D eigenvalue weighted by atomic mass is 32.1. The van der Waals surface area contributed by atoms with Gasteiger partial charge >= 0.3 is 0 Å². The normalized spacial score (nSPS) is 10.6. The number of aromatic nitrogens is 1. The number of hydrogen-bond donors (Lipinski definition) is 1. The first kappa shape index (κ1) is 11.0. The summed E-state index contributed by atoms with van der Waals surface area (Å²) >= 11 is 1.37. The van der Waals surface area contributed by atoms with Gasteiger partial charge in [0, 0.05) is 10.9 Å². The van der Waals surface area contributed by atoms with E-state index >= 15 is 0 Å². The van der Waals surface area contributed by atoms with Gasteiger partial charge in [-0.15, -0.1) is 11.3 Å². The van der Waals surface area contributed by atoms with Crippen LogP contribution in [0.15, 0.2) is 29.6 Å². The fraction of sp³-hybridized carbons (Fsp3) is 0.182. The second kappa shape index (κ2) is 5.05. The Labute approximate surface area is 96.7 Å². The van der Waals surface area contributed by atoms with E-state index in [2.05, 4.69) is 4.98 Å². The van der Waals surface area contributed by atoms with Gasteiger partial charge in [-0.25, -0.2) is 9.37 Å². The molecule has 0 fully saturated rings. The van der Waals surface area contributed by atoms with E-state index in [1.165, 1.54) is 17.4 Å². The number of hydrogen-bond acceptors (Lipinski definition) is 4. The van der Waals surface area contributed by atoms with Crippen LogP contribution in [0.1, 0.15) is 11.3 Å². The number of thiazole rings is 1. The Morgan fingerprint density at radius 1 is 1.31 bits per heavy atom. The van der Waals surface area contributed by atoms with Gasteiger partial charge < -0.3 is 10.5 Å². The maximum atomic E-state index is 13.2. The summed E-state index contributed by atoms with van der Waals surface area (Å²) in [6.45, 7) is 0.589. The third-order valence-corrected chi connectivity index (χ3v) is 2.76. The van der Waals surface area contributed by atoms with Gasteiger partial charge in [0.15, 0.2) is 5.13 Å². The van der Waals surface area contributed by atoms with Crippen molar-refractivity contribution in [3.8, 4) is 0 Å². The topological polar surface area (TPSA) is 48.1 Å². The van der Waals surface area contributed by atoms with Crippen LogP contribution in [-0.4, -0.2) is 4.98 Å². The highest BCUT2D eigenvalue weighted by Gasteiger charge is 2.02. The van der Waals surface area contributed by atoms with Crippen LogP contribution < -0.4 is 5.73 Å². The Morgan fingerprint density at radius 2 is 2.12 bits per heavy atom.